The Labute approximate surface area is 95.9 Å². The van der Waals surface area contributed by atoms with Crippen molar-refractivity contribution in [3.63, 3.8) is 0 Å². The van der Waals surface area contributed by atoms with Crippen LogP contribution < -0.4 is 0 Å². The molecule has 0 radical (unpaired) electrons. The molecule has 2 heteroatoms. The normalized spacial score (nSPS) is 19.4. The van der Waals surface area contributed by atoms with Crippen LogP contribution >= 0.6 is 0 Å². The predicted octanol–water partition coefficient (Wildman–Crippen LogP) is 3.45. The molecule has 1 aromatic carbocycles. The van der Waals surface area contributed by atoms with Crippen LogP contribution in [0.4, 0.5) is 0 Å². The molecule has 3 rings (SSSR count). The summed E-state index contributed by atoms with van der Waals surface area (Å²) < 4.78 is 2.40. The minimum Gasteiger partial charge on any atom is -0.325 e. The van der Waals surface area contributed by atoms with Crippen LogP contribution in [0.1, 0.15) is 31.5 Å². The van der Waals surface area contributed by atoms with E-state index in [9.17, 15) is 0 Å². The van der Waals surface area contributed by atoms with Gasteiger partial charge in [0.2, 0.25) is 0 Å². The maximum absolute atomic E-state index is 4.58. The van der Waals surface area contributed by atoms with Crippen molar-refractivity contribution < 1.29 is 0 Å². The van der Waals surface area contributed by atoms with Gasteiger partial charge in [0.1, 0.15) is 5.82 Å². The number of imidazole rings is 1. The molecule has 1 unspecified atom stereocenters. The molecule has 0 spiro atoms. The van der Waals surface area contributed by atoms with E-state index < -0.39 is 0 Å². The molecule has 16 heavy (non-hydrogen) atoms. The maximum Gasteiger partial charge on any atom is 0.140 e. The third-order valence-electron chi connectivity index (χ3n) is 3.40. The zero-order chi connectivity index (χ0) is 11.0. The van der Waals surface area contributed by atoms with Crippen LogP contribution in [-0.4, -0.2) is 9.55 Å². The molecule has 0 N–H and O–H groups in total. The van der Waals surface area contributed by atoms with Crippen LogP contribution in [0.15, 0.2) is 36.5 Å². The zero-order valence-corrected chi connectivity index (χ0v) is 9.56. The number of aromatic nitrogens is 2. The van der Waals surface area contributed by atoms with Crippen LogP contribution in [0.25, 0.3) is 11.4 Å². The van der Waals surface area contributed by atoms with E-state index in [4.69, 9.17) is 0 Å². The summed E-state index contributed by atoms with van der Waals surface area (Å²) in [5, 5.41) is 0. The fourth-order valence-electron chi connectivity index (χ4n) is 2.58. The first-order chi connectivity index (χ1) is 7.86. The third kappa shape index (κ3) is 1.45. The van der Waals surface area contributed by atoms with Crippen molar-refractivity contribution >= 4 is 0 Å². The highest BCUT2D eigenvalue weighted by atomic mass is 15.1. The second-order valence-electron chi connectivity index (χ2n) is 4.55. The van der Waals surface area contributed by atoms with Crippen molar-refractivity contribution in [3.05, 3.63) is 42.2 Å². The Kier molecular flexibility index (Phi) is 2.28. The van der Waals surface area contributed by atoms with Crippen molar-refractivity contribution in [3.8, 4) is 11.4 Å². The van der Waals surface area contributed by atoms with Gasteiger partial charge >= 0.3 is 0 Å². The molecular formula is C14H16N2. The highest BCUT2D eigenvalue weighted by Crippen LogP contribution is 2.30. The monoisotopic (exact) mass is 212 g/mol. The molecule has 0 bridgehead atoms. The SMILES string of the molecule is CC1CCCc2cnc(-c3ccccc3)n21. The van der Waals surface area contributed by atoms with Gasteiger partial charge in [-0.1, -0.05) is 30.3 Å². The number of fused-ring (bicyclic) bond motifs is 1. The van der Waals surface area contributed by atoms with Crippen LogP contribution in [0, 0.1) is 0 Å². The molecule has 82 valence electrons. The first-order valence-corrected chi connectivity index (χ1v) is 5.98. The first-order valence-electron chi connectivity index (χ1n) is 5.98. The molecule has 1 aliphatic heterocycles. The van der Waals surface area contributed by atoms with Gasteiger partial charge in [0.15, 0.2) is 0 Å². The highest BCUT2D eigenvalue weighted by molar-refractivity contribution is 5.56. The molecule has 0 fully saturated rings. The topological polar surface area (TPSA) is 17.8 Å². The number of aryl methyl sites for hydroxylation is 1. The summed E-state index contributed by atoms with van der Waals surface area (Å²) in [6, 6.07) is 11.1. The maximum atomic E-state index is 4.58. The Morgan fingerprint density at radius 3 is 2.88 bits per heavy atom. The Hall–Kier alpha value is -1.57. The van der Waals surface area contributed by atoms with E-state index in [1.165, 1.54) is 30.5 Å². The summed E-state index contributed by atoms with van der Waals surface area (Å²) in [4.78, 5) is 4.58. The molecule has 0 saturated heterocycles. The average Bonchev–Trinajstić information content (AvgIpc) is 2.75. The summed E-state index contributed by atoms with van der Waals surface area (Å²) in [6.45, 7) is 2.29. The summed E-state index contributed by atoms with van der Waals surface area (Å²) in [5.74, 6) is 1.13. The van der Waals surface area contributed by atoms with Gasteiger partial charge in [-0.2, -0.15) is 0 Å². The lowest BCUT2D eigenvalue weighted by Gasteiger charge is -2.24. The van der Waals surface area contributed by atoms with Crippen molar-refractivity contribution in [2.24, 2.45) is 0 Å². The smallest absolute Gasteiger partial charge is 0.140 e. The van der Waals surface area contributed by atoms with Crippen molar-refractivity contribution in [2.45, 2.75) is 32.2 Å². The molecule has 1 aliphatic rings. The minimum absolute atomic E-state index is 0.585. The molecule has 0 saturated carbocycles. The van der Waals surface area contributed by atoms with Gasteiger partial charge in [-0.3, -0.25) is 0 Å². The fraction of sp³-hybridized carbons (Fsp3) is 0.357. The Bertz CT molecular complexity index is 485. The molecule has 2 heterocycles. The number of hydrogen-bond acceptors (Lipinski definition) is 1. The molecular weight excluding hydrogens is 196 g/mol. The van der Waals surface area contributed by atoms with Gasteiger partial charge < -0.3 is 4.57 Å². The van der Waals surface area contributed by atoms with Gasteiger partial charge in [-0.25, -0.2) is 4.98 Å². The Morgan fingerprint density at radius 2 is 2.06 bits per heavy atom. The van der Waals surface area contributed by atoms with Gasteiger partial charge in [-0.15, -0.1) is 0 Å². The van der Waals surface area contributed by atoms with E-state index >= 15 is 0 Å². The van der Waals surface area contributed by atoms with Crippen LogP contribution in [0.3, 0.4) is 0 Å². The lowest BCUT2D eigenvalue weighted by atomic mass is 10.0. The van der Waals surface area contributed by atoms with Gasteiger partial charge in [0.05, 0.1) is 0 Å². The van der Waals surface area contributed by atoms with Gasteiger partial charge in [0, 0.05) is 23.5 Å². The highest BCUT2D eigenvalue weighted by Gasteiger charge is 2.20. The quantitative estimate of drug-likeness (QED) is 0.708. The second kappa shape index (κ2) is 3.78. The van der Waals surface area contributed by atoms with Gasteiger partial charge in [-0.05, 0) is 26.2 Å². The molecule has 1 atom stereocenters. The van der Waals surface area contributed by atoms with Crippen LogP contribution in [0.2, 0.25) is 0 Å². The summed E-state index contributed by atoms with van der Waals surface area (Å²) in [7, 11) is 0. The lowest BCUT2D eigenvalue weighted by Crippen LogP contribution is -2.15. The lowest BCUT2D eigenvalue weighted by molar-refractivity contribution is 0.436. The molecule has 0 aliphatic carbocycles. The van der Waals surface area contributed by atoms with E-state index in [1.54, 1.807) is 0 Å². The minimum atomic E-state index is 0.585. The number of benzene rings is 1. The summed E-state index contributed by atoms with van der Waals surface area (Å²) in [6.07, 6.45) is 5.77. The number of rotatable bonds is 1. The third-order valence-corrected chi connectivity index (χ3v) is 3.40. The van der Waals surface area contributed by atoms with E-state index in [1.807, 2.05) is 12.3 Å². The van der Waals surface area contributed by atoms with Crippen molar-refractivity contribution in [2.75, 3.05) is 0 Å². The molecule has 2 aromatic rings. The fourth-order valence-corrected chi connectivity index (χ4v) is 2.58. The standard InChI is InChI=1S/C14H16N2/c1-11-6-5-9-13-10-15-14(16(11)13)12-7-3-2-4-8-12/h2-4,7-8,10-11H,5-6,9H2,1H3. The number of nitrogens with zero attached hydrogens (tertiary/aromatic N) is 2. The molecule has 2 nitrogen and oxygen atoms in total. The van der Waals surface area contributed by atoms with Gasteiger partial charge in [0.25, 0.3) is 0 Å². The molecule has 1 aromatic heterocycles. The van der Waals surface area contributed by atoms with E-state index in [0.717, 1.165) is 5.82 Å². The first kappa shape index (κ1) is 9.64. The van der Waals surface area contributed by atoms with Crippen LogP contribution in [0.5, 0.6) is 0 Å². The van der Waals surface area contributed by atoms with Crippen LogP contribution in [-0.2, 0) is 6.42 Å². The summed E-state index contributed by atoms with van der Waals surface area (Å²) >= 11 is 0. The van der Waals surface area contributed by atoms with Crippen molar-refractivity contribution in [1.29, 1.82) is 0 Å². The van der Waals surface area contributed by atoms with Crippen molar-refractivity contribution in [1.82, 2.24) is 9.55 Å². The second-order valence-corrected chi connectivity index (χ2v) is 4.55. The van der Waals surface area contributed by atoms with E-state index in [-0.39, 0.29) is 0 Å². The zero-order valence-electron chi connectivity index (χ0n) is 9.56. The molecule has 0 amide bonds. The summed E-state index contributed by atoms with van der Waals surface area (Å²) in [5.41, 5.74) is 2.61. The predicted molar refractivity (Wildman–Crippen MR) is 65.3 cm³/mol. The van der Waals surface area contributed by atoms with E-state index in [2.05, 4.69) is 40.7 Å². The van der Waals surface area contributed by atoms with E-state index in [0.29, 0.717) is 6.04 Å². The average molecular weight is 212 g/mol. The Morgan fingerprint density at radius 1 is 1.25 bits per heavy atom. The Balaban J connectivity index is 2.13. The largest absolute Gasteiger partial charge is 0.325 e. The number of hydrogen-bond donors (Lipinski definition) is 0.